The zero-order chi connectivity index (χ0) is 22.2. The molecule has 0 radical (unpaired) electrons. The summed E-state index contributed by atoms with van der Waals surface area (Å²) in [6.07, 6.45) is 9.77. The van der Waals surface area contributed by atoms with E-state index in [1.807, 2.05) is 6.07 Å². The van der Waals surface area contributed by atoms with Gasteiger partial charge in [0.25, 0.3) is 0 Å². The zero-order valence-corrected chi connectivity index (χ0v) is 19.5. The highest BCUT2D eigenvalue weighted by Crippen LogP contribution is 2.35. The van der Waals surface area contributed by atoms with E-state index in [2.05, 4.69) is 76.2 Å². The molecule has 0 saturated carbocycles. The first kappa shape index (κ1) is 23.1. The van der Waals surface area contributed by atoms with E-state index in [9.17, 15) is 4.79 Å². The standard InChI is InChI=1S/C29H36O2/c1-5-28-25(10-7-17-31-29-16-11-22(3)18-23(29)4)12-13-26(28)14-15-27(30)20-24-9-6-8-21(2)19-24/h6,8-9,11-13,16,18-19,28H,5,7,10,14-15,17,20H2,1-4H3. The monoisotopic (exact) mass is 416 g/mol. The molecule has 2 aromatic carbocycles. The van der Waals surface area contributed by atoms with Gasteiger partial charge in [0.15, 0.2) is 0 Å². The highest BCUT2D eigenvalue weighted by Gasteiger charge is 2.21. The van der Waals surface area contributed by atoms with Crippen LogP contribution in [-0.4, -0.2) is 12.4 Å². The highest BCUT2D eigenvalue weighted by atomic mass is 16.5. The molecule has 0 saturated heterocycles. The van der Waals surface area contributed by atoms with Crippen molar-refractivity contribution in [2.24, 2.45) is 5.92 Å². The lowest BCUT2D eigenvalue weighted by Gasteiger charge is -2.18. The normalized spacial score (nSPS) is 15.5. The van der Waals surface area contributed by atoms with Crippen LogP contribution < -0.4 is 4.74 Å². The smallest absolute Gasteiger partial charge is 0.137 e. The van der Waals surface area contributed by atoms with E-state index in [1.165, 1.54) is 27.8 Å². The van der Waals surface area contributed by atoms with Gasteiger partial charge in [-0.2, -0.15) is 0 Å². The molecule has 3 rings (SSSR count). The average molecular weight is 417 g/mol. The van der Waals surface area contributed by atoms with Gasteiger partial charge in [-0.1, -0.05) is 77.7 Å². The summed E-state index contributed by atoms with van der Waals surface area (Å²) in [6, 6.07) is 14.6. The Kier molecular flexibility index (Phi) is 8.28. The van der Waals surface area contributed by atoms with Crippen LogP contribution in [0.3, 0.4) is 0 Å². The van der Waals surface area contributed by atoms with E-state index in [-0.39, 0.29) is 0 Å². The van der Waals surface area contributed by atoms with Crippen molar-refractivity contribution in [2.45, 2.75) is 66.2 Å². The maximum Gasteiger partial charge on any atom is 0.137 e. The van der Waals surface area contributed by atoms with Gasteiger partial charge in [-0.15, -0.1) is 0 Å². The van der Waals surface area contributed by atoms with E-state index in [1.54, 1.807) is 0 Å². The minimum absolute atomic E-state index is 0.330. The van der Waals surface area contributed by atoms with Crippen molar-refractivity contribution in [3.8, 4) is 5.75 Å². The fourth-order valence-corrected chi connectivity index (χ4v) is 4.57. The number of allylic oxidation sites excluding steroid dienone is 4. The van der Waals surface area contributed by atoms with E-state index < -0.39 is 0 Å². The Balaban J connectivity index is 1.41. The van der Waals surface area contributed by atoms with E-state index in [0.717, 1.165) is 43.6 Å². The number of hydrogen-bond donors (Lipinski definition) is 0. The highest BCUT2D eigenvalue weighted by molar-refractivity contribution is 5.81. The van der Waals surface area contributed by atoms with Gasteiger partial charge in [0.1, 0.15) is 11.5 Å². The zero-order valence-electron chi connectivity index (χ0n) is 19.5. The molecule has 1 aliphatic rings. The summed E-state index contributed by atoms with van der Waals surface area (Å²) >= 11 is 0. The SMILES string of the molecule is CCC1C(CCCOc2ccc(C)cc2C)=CC=C1CCC(=O)Cc1cccc(C)c1. The lowest BCUT2D eigenvalue weighted by Crippen LogP contribution is -2.08. The number of carbonyl (C=O) groups is 1. The van der Waals surface area contributed by atoms with Crippen molar-refractivity contribution in [3.63, 3.8) is 0 Å². The first-order chi connectivity index (χ1) is 15.0. The van der Waals surface area contributed by atoms with E-state index in [4.69, 9.17) is 4.74 Å². The summed E-state index contributed by atoms with van der Waals surface area (Å²) in [5.74, 6) is 1.81. The van der Waals surface area contributed by atoms with E-state index >= 15 is 0 Å². The number of benzene rings is 2. The fraction of sp³-hybridized carbons (Fsp3) is 0.414. The molecule has 0 aliphatic heterocycles. The van der Waals surface area contributed by atoms with Crippen LogP contribution in [0.15, 0.2) is 65.8 Å². The molecule has 2 aromatic rings. The Morgan fingerprint density at radius 3 is 2.39 bits per heavy atom. The summed E-state index contributed by atoms with van der Waals surface area (Å²) < 4.78 is 6.00. The minimum Gasteiger partial charge on any atom is -0.493 e. The van der Waals surface area contributed by atoms with Gasteiger partial charge in [0, 0.05) is 18.8 Å². The summed E-state index contributed by atoms with van der Waals surface area (Å²) in [7, 11) is 0. The number of aryl methyl sites for hydroxylation is 3. The third-order valence-electron chi connectivity index (χ3n) is 6.19. The Bertz CT molecular complexity index is 964. The molecule has 0 spiro atoms. The second-order valence-corrected chi connectivity index (χ2v) is 8.87. The Morgan fingerprint density at radius 1 is 0.935 bits per heavy atom. The number of ether oxygens (including phenoxy) is 1. The molecule has 1 unspecified atom stereocenters. The van der Waals surface area contributed by atoms with Crippen LogP contribution in [0.1, 0.15) is 61.3 Å². The van der Waals surface area contributed by atoms with Crippen molar-refractivity contribution >= 4 is 5.78 Å². The van der Waals surface area contributed by atoms with Gasteiger partial charge in [0.05, 0.1) is 6.61 Å². The molecule has 0 heterocycles. The van der Waals surface area contributed by atoms with Gasteiger partial charge in [-0.25, -0.2) is 0 Å². The van der Waals surface area contributed by atoms with Crippen LogP contribution in [-0.2, 0) is 11.2 Å². The topological polar surface area (TPSA) is 26.3 Å². The van der Waals surface area contributed by atoms with Crippen molar-refractivity contribution < 1.29 is 9.53 Å². The molecule has 31 heavy (non-hydrogen) atoms. The average Bonchev–Trinajstić information content (AvgIpc) is 3.12. The van der Waals surface area contributed by atoms with Crippen molar-refractivity contribution in [3.05, 3.63) is 88.0 Å². The Morgan fingerprint density at radius 2 is 1.68 bits per heavy atom. The fourth-order valence-electron chi connectivity index (χ4n) is 4.57. The van der Waals surface area contributed by atoms with Crippen LogP contribution in [0.25, 0.3) is 0 Å². The molecule has 2 nitrogen and oxygen atoms in total. The Hall–Kier alpha value is -2.61. The van der Waals surface area contributed by atoms with Crippen molar-refractivity contribution in [2.75, 3.05) is 6.61 Å². The molecule has 164 valence electrons. The molecular formula is C29H36O2. The first-order valence-corrected chi connectivity index (χ1v) is 11.6. The van der Waals surface area contributed by atoms with Gasteiger partial charge < -0.3 is 4.74 Å². The third kappa shape index (κ3) is 6.69. The molecule has 2 heteroatoms. The quantitative estimate of drug-likeness (QED) is 0.360. The molecule has 0 aromatic heterocycles. The lowest BCUT2D eigenvalue weighted by molar-refractivity contribution is -0.118. The van der Waals surface area contributed by atoms with Crippen LogP contribution in [0.2, 0.25) is 0 Å². The van der Waals surface area contributed by atoms with Crippen LogP contribution in [0.5, 0.6) is 5.75 Å². The summed E-state index contributed by atoms with van der Waals surface area (Å²) in [5.41, 5.74) is 7.72. The summed E-state index contributed by atoms with van der Waals surface area (Å²) in [5, 5.41) is 0. The predicted octanol–water partition coefficient (Wildman–Crippen LogP) is 7.26. The van der Waals surface area contributed by atoms with Gasteiger partial charge in [-0.05, 0) is 63.6 Å². The van der Waals surface area contributed by atoms with Gasteiger partial charge in [0.2, 0.25) is 0 Å². The maximum atomic E-state index is 12.5. The molecule has 1 atom stereocenters. The van der Waals surface area contributed by atoms with Gasteiger partial charge >= 0.3 is 0 Å². The second kappa shape index (κ2) is 11.1. The molecule has 0 amide bonds. The second-order valence-electron chi connectivity index (χ2n) is 8.87. The molecule has 0 N–H and O–H groups in total. The number of carbonyl (C=O) groups excluding carboxylic acids is 1. The number of hydrogen-bond acceptors (Lipinski definition) is 2. The molecular weight excluding hydrogens is 380 g/mol. The van der Waals surface area contributed by atoms with E-state index in [0.29, 0.717) is 24.5 Å². The third-order valence-corrected chi connectivity index (χ3v) is 6.19. The van der Waals surface area contributed by atoms with Crippen LogP contribution in [0, 0.1) is 26.7 Å². The number of Topliss-reactive ketones (excluding diaryl/α,β-unsaturated/α-hetero) is 1. The molecule has 0 fully saturated rings. The number of rotatable bonds is 11. The predicted molar refractivity (Wildman–Crippen MR) is 130 cm³/mol. The van der Waals surface area contributed by atoms with Gasteiger partial charge in [-0.3, -0.25) is 4.79 Å². The molecule has 0 bridgehead atoms. The van der Waals surface area contributed by atoms with Crippen molar-refractivity contribution in [1.82, 2.24) is 0 Å². The van der Waals surface area contributed by atoms with Crippen molar-refractivity contribution in [1.29, 1.82) is 0 Å². The summed E-state index contributed by atoms with van der Waals surface area (Å²) in [6.45, 7) is 9.27. The lowest BCUT2D eigenvalue weighted by atomic mass is 9.87. The Labute approximate surface area is 188 Å². The minimum atomic E-state index is 0.330. The molecule has 1 aliphatic carbocycles. The number of ketones is 1. The first-order valence-electron chi connectivity index (χ1n) is 11.6. The summed E-state index contributed by atoms with van der Waals surface area (Å²) in [4.78, 5) is 12.5. The largest absolute Gasteiger partial charge is 0.493 e. The van der Waals surface area contributed by atoms with Crippen LogP contribution >= 0.6 is 0 Å². The maximum absolute atomic E-state index is 12.5. The van der Waals surface area contributed by atoms with Crippen LogP contribution in [0.4, 0.5) is 0 Å².